The van der Waals surface area contributed by atoms with Crippen LogP contribution in [-0.2, 0) is 15.9 Å². The van der Waals surface area contributed by atoms with Gasteiger partial charge in [-0.05, 0) is 35.7 Å². The van der Waals surface area contributed by atoms with E-state index >= 15 is 0 Å². The number of hydrogen-bond acceptors (Lipinski definition) is 12. The minimum absolute atomic E-state index is 0.106. The topological polar surface area (TPSA) is 177 Å². The number of fused-ring (bicyclic) bond motifs is 1. The molecule has 12 heteroatoms. The summed E-state index contributed by atoms with van der Waals surface area (Å²) >= 11 is 0. The zero-order chi connectivity index (χ0) is 27.7. The lowest BCUT2D eigenvalue weighted by atomic mass is 9.71. The molecule has 0 aromatic heterocycles. The van der Waals surface area contributed by atoms with E-state index in [2.05, 4.69) is 0 Å². The summed E-state index contributed by atoms with van der Waals surface area (Å²) in [5.74, 6) is -1.31. The highest BCUT2D eigenvalue weighted by Crippen LogP contribution is 2.53. The summed E-state index contributed by atoms with van der Waals surface area (Å²) in [5.41, 5.74) is 1.72. The van der Waals surface area contributed by atoms with E-state index in [1.54, 1.807) is 18.2 Å². The number of aliphatic hydroxyl groups is 4. The van der Waals surface area contributed by atoms with Gasteiger partial charge < -0.3 is 59.1 Å². The monoisotopic (exact) mass is 538 g/mol. The van der Waals surface area contributed by atoms with Crippen LogP contribution < -0.4 is 18.9 Å². The lowest BCUT2D eigenvalue weighted by Gasteiger charge is -2.44. The van der Waals surface area contributed by atoms with Crippen LogP contribution in [0.4, 0.5) is 0 Å². The van der Waals surface area contributed by atoms with Gasteiger partial charge in [-0.25, -0.2) is 0 Å². The van der Waals surface area contributed by atoms with Crippen LogP contribution in [0.25, 0.3) is 0 Å². The van der Waals surface area contributed by atoms with Crippen LogP contribution >= 0.6 is 0 Å². The van der Waals surface area contributed by atoms with Crippen molar-refractivity contribution in [2.45, 2.75) is 43.0 Å². The first kappa shape index (κ1) is 28.0. The molecule has 2 aliphatic rings. The molecule has 4 rings (SSSR count). The largest absolute Gasteiger partial charge is 0.502 e. The predicted octanol–water partition coefficient (Wildman–Crippen LogP) is 0.253. The second kappa shape index (κ2) is 11.4. The van der Waals surface area contributed by atoms with E-state index in [-0.39, 0.29) is 54.1 Å². The zero-order valence-electron chi connectivity index (χ0n) is 21.5. The summed E-state index contributed by atoms with van der Waals surface area (Å²) in [5, 5.41) is 62.6. The number of hydrogen-bond donors (Lipinski definition) is 6. The first-order chi connectivity index (χ1) is 18.2. The Bertz CT molecular complexity index is 1110. The molecule has 0 amide bonds. The average Bonchev–Trinajstić information content (AvgIpc) is 2.92. The highest BCUT2D eigenvalue weighted by molar-refractivity contribution is 5.64. The maximum Gasteiger partial charge on any atom is 0.201 e. The van der Waals surface area contributed by atoms with Crippen LogP contribution in [0.15, 0.2) is 18.2 Å². The molecule has 0 bridgehead atoms. The van der Waals surface area contributed by atoms with Crippen LogP contribution in [0.5, 0.6) is 34.5 Å². The van der Waals surface area contributed by atoms with Gasteiger partial charge in [-0.1, -0.05) is 0 Å². The molecule has 0 unspecified atom stereocenters. The molecule has 1 fully saturated rings. The Hall–Kier alpha value is -3.00. The molecular weight excluding hydrogens is 504 g/mol. The normalized spacial score (nSPS) is 28.9. The maximum absolute atomic E-state index is 10.9. The van der Waals surface area contributed by atoms with E-state index < -0.39 is 42.5 Å². The van der Waals surface area contributed by atoms with Crippen LogP contribution in [0.1, 0.15) is 22.6 Å². The molecule has 0 spiro atoms. The smallest absolute Gasteiger partial charge is 0.201 e. The minimum Gasteiger partial charge on any atom is -0.502 e. The van der Waals surface area contributed by atoms with Gasteiger partial charge in [0.2, 0.25) is 11.5 Å². The highest BCUT2D eigenvalue weighted by Gasteiger charge is 2.46. The molecule has 1 aliphatic heterocycles. The van der Waals surface area contributed by atoms with Gasteiger partial charge in [0.05, 0.1) is 41.2 Å². The van der Waals surface area contributed by atoms with Crippen molar-refractivity contribution in [2.24, 2.45) is 5.92 Å². The van der Waals surface area contributed by atoms with Crippen molar-refractivity contribution in [3.05, 3.63) is 34.9 Å². The van der Waals surface area contributed by atoms with Gasteiger partial charge in [0.1, 0.15) is 18.3 Å². The number of aromatic hydroxyl groups is 2. The minimum atomic E-state index is -1.57. The molecule has 0 saturated carbocycles. The molecule has 12 nitrogen and oxygen atoms in total. The molecule has 1 heterocycles. The predicted molar refractivity (Wildman–Crippen MR) is 131 cm³/mol. The summed E-state index contributed by atoms with van der Waals surface area (Å²) in [6, 6.07) is 4.79. The van der Waals surface area contributed by atoms with Gasteiger partial charge in [-0.3, -0.25) is 0 Å². The fraction of sp³-hybridized carbons (Fsp3) is 0.538. The standard InChI is InChI=1S/C26H34O12/c1-33-15-7-12(8-16(34-2)21(15)30)18-19-11(6-17(35-3)22(31)25(19)36-4)5-13(9-27)24(18)38-26-23(32)20(29)14(28)10-37-26/h6-8,13-14,18,20,23-24,26-32H,5,9-10H2,1-4H3/t13-,14+,18-,20-,23+,24-,26-/m0/s1. The van der Waals surface area contributed by atoms with Gasteiger partial charge in [0.15, 0.2) is 29.3 Å². The Morgan fingerprint density at radius 1 is 0.842 bits per heavy atom. The number of aliphatic hydroxyl groups excluding tert-OH is 4. The molecule has 38 heavy (non-hydrogen) atoms. The SMILES string of the molecule is COc1cc([C@H]2c3c(cc(OC)c(O)c3OC)C[C@@H](CO)[C@@H]2O[C@@H]2OC[C@@H](O)[C@H](O)[C@H]2O)cc(OC)c1O. The van der Waals surface area contributed by atoms with Gasteiger partial charge in [0.25, 0.3) is 0 Å². The Kier molecular flexibility index (Phi) is 8.40. The second-order valence-electron chi connectivity index (χ2n) is 9.28. The summed E-state index contributed by atoms with van der Waals surface area (Å²) in [6.07, 6.45) is -6.34. The Morgan fingerprint density at radius 2 is 1.45 bits per heavy atom. The number of ether oxygens (including phenoxy) is 6. The molecule has 0 radical (unpaired) electrons. The Labute approximate surface area is 219 Å². The molecule has 1 aliphatic carbocycles. The van der Waals surface area contributed by atoms with Gasteiger partial charge in [-0.2, -0.15) is 0 Å². The van der Waals surface area contributed by atoms with E-state index in [1.165, 1.54) is 28.4 Å². The number of rotatable bonds is 8. The quantitative estimate of drug-likeness (QED) is 0.271. The molecule has 210 valence electrons. The van der Waals surface area contributed by atoms with Crippen molar-refractivity contribution < 1.29 is 59.1 Å². The van der Waals surface area contributed by atoms with E-state index in [0.717, 1.165) is 0 Å². The summed E-state index contributed by atoms with van der Waals surface area (Å²) in [6.45, 7) is -0.602. The molecular formula is C26H34O12. The molecule has 7 atom stereocenters. The van der Waals surface area contributed by atoms with Crippen molar-refractivity contribution in [1.82, 2.24) is 0 Å². The third-order valence-electron chi connectivity index (χ3n) is 7.20. The number of methoxy groups -OCH3 is 4. The Balaban J connectivity index is 1.94. The molecule has 1 saturated heterocycles. The van der Waals surface area contributed by atoms with Crippen LogP contribution in [-0.4, -0.2) is 103 Å². The van der Waals surface area contributed by atoms with E-state index in [4.69, 9.17) is 28.4 Å². The zero-order valence-corrected chi connectivity index (χ0v) is 21.5. The van der Waals surface area contributed by atoms with E-state index in [9.17, 15) is 30.6 Å². The van der Waals surface area contributed by atoms with Gasteiger partial charge in [0, 0.05) is 24.0 Å². The molecule has 2 aromatic carbocycles. The lowest BCUT2D eigenvalue weighted by Crippen LogP contribution is -2.56. The lowest BCUT2D eigenvalue weighted by molar-refractivity contribution is -0.289. The van der Waals surface area contributed by atoms with Gasteiger partial charge in [-0.15, -0.1) is 0 Å². The number of benzene rings is 2. The van der Waals surface area contributed by atoms with Crippen molar-refractivity contribution in [2.75, 3.05) is 41.7 Å². The fourth-order valence-corrected chi connectivity index (χ4v) is 5.26. The van der Waals surface area contributed by atoms with Crippen LogP contribution in [0.3, 0.4) is 0 Å². The molecule has 6 N–H and O–H groups in total. The van der Waals surface area contributed by atoms with E-state index in [1.807, 2.05) is 0 Å². The third-order valence-corrected chi connectivity index (χ3v) is 7.20. The number of phenolic OH excluding ortho intramolecular Hbond substituents is 2. The summed E-state index contributed by atoms with van der Waals surface area (Å²) < 4.78 is 33.4. The van der Waals surface area contributed by atoms with Crippen molar-refractivity contribution in [3.8, 4) is 34.5 Å². The molecule has 2 aromatic rings. The van der Waals surface area contributed by atoms with Crippen molar-refractivity contribution >= 4 is 0 Å². The maximum atomic E-state index is 10.9. The van der Waals surface area contributed by atoms with Crippen LogP contribution in [0.2, 0.25) is 0 Å². The second-order valence-corrected chi connectivity index (χ2v) is 9.28. The number of phenols is 2. The van der Waals surface area contributed by atoms with Crippen LogP contribution in [0, 0.1) is 5.92 Å². The van der Waals surface area contributed by atoms with E-state index in [0.29, 0.717) is 16.7 Å². The fourth-order valence-electron chi connectivity index (χ4n) is 5.26. The summed E-state index contributed by atoms with van der Waals surface area (Å²) in [7, 11) is 5.57. The first-order valence-electron chi connectivity index (χ1n) is 12.0. The third kappa shape index (κ3) is 4.79. The first-order valence-corrected chi connectivity index (χ1v) is 12.0. The van der Waals surface area contributed by atoms with Crippen molar-refractivity contribution in [3.63, 3.8) is 0 Å². The van der Waals surface area contributed by atoms with Crippen molar-refractivity contribution in [1.29, 1.82) is 0 Å². The summed E-state index contributed by atoms with van der Waals surface area (Å²) in [4.78, 5) is 0. The highest BCUT2D eigenvalue weighted by atomic mass is 16.7. The Morgan fingerprint density at radius 3 is 2.00 bits per heavy atom. The average molecular weight is 539 g/mol. The van der Waals surface area contributed by atoms with Gasteiger partial charge >= 0.3 is 0 Å².